The first-order valence-corrected chi connectivity index (χ1v) is 5.98. The van der Waals surface area contributed by atoms with Gasteiger partial charge in [0.05, 0.1) is 12.2 Å². The molecule has 0 bridgehead atoms. The molecule has 2 rings (SSSR count). The predicted octanol–water partition coefficient (Wildman–Crippen LogP) is 0.999. The maximum atomic E-state index is 12.0. The summed E-state index contributed by atoms with van der Waals surface area (Å²) in [5.41, 5.74) is 0.920. The molecule has 1 N–H and O–H groups in total. The van der Waals surface area contributed by atoms with Crippen molar-refractivity contribution in [1.82, 2.24) is 19.3 Å². The number of aromatic nitrogens is 4. The lowest BCUT2D eigenvalue weighted by Crippen LogP contribution is -2.24. The van der Waals surface area contributed by atoms with Gasteiger partial charge in [-0.2, -0.15) is 5.10 Å². The molecule has 6 heteroatoms. The van der Waals surface area contributed by atoms with Gasteiger partial charge in [0.1, 0.15) is 0 Å². The van der Waals surface area contributed by atoms with Crippen LogP contribution in [-0.2, 0) is 20.1 Å². The zero-order chi connectivity index (χ0) is 13.0. The molecule has 0 aliphatic carbocycles. The molecular formula is C12H17N5O. The molecule has 2 aromatic rings. The van der Waals surface area contributed by atoms with E-state index in [1.807, 2.05) is 20.0 Å². The van der Waals surface area contributed by atoms with E-state index in [1.54, 1.807) is 27.8 Å². The third kappa shape index (κ3) is 2.58. The average molecular weight is 247 g/mol. The third-order valence-corrected chi connectivity index (χ3v) is 2.74. The van der Waals surface area contributed by atoms with Crippen LogP contribution < -0.4 is 10.9 Å². The summed E-state index contributed by atoms with van der Waals surface area (Å²) in [5.74, 6) is 0.382. The van der Waals surface area contributed by atoms with Crippen LogP contribution >= 0.6 is 0 Å². The van der Waals surface area contributed by atoms with Gasteiger partial charge in [0.25, 0.3) is 5.56 Å². The zero-order valence-electron chi connectivity index (χ0n) is 10.6. The molecule has 0 unspecified atom stereocenters. The Hall–Kier alpha value is -2.11. The van der Waals surface area contributed by atoms with Crippen molar-refractivity contribution in [1.29, 1.82) is 0 Å². The zero-order valence-corrected chi connectivity index (χ0v) is 10.6. The molecule has 0 spiro atoms. The second-order valence-electron chi connectivity index (χ2n) is 4.07. The van der Waals surface area contributed by atoms with Gasteiger partial charge < -0.3 is 9.88 Å². The Bertz CT molecular complexity index is 572. The van der Waals surface area contributed by atoms with E-state index in [9.17, 15) is 4.79 Å². The number of hydrogen-bond acceptors (Lipinski definition) is 4. The van der Waals surface area contributed by atoms with Crippen LogP contribution in [-0.4, -0.2) is 19.3 Å². The first-order chi connectivity index (χ1) is 8.72. The summed E-state index contributed by atoms with van der Waals surface area (Å²) in [4.78, 5) is 16.1. The van der Waals surface area contributed by atoms with E-state index in [4.69, 9.17) is 0 Å². The molecule has 2 heterocycles. The van der Waals surface area contributed by atoms with Gasteiger partial charge in [0.15, 0.2) is 5.82 Å². The quantitative estimate of drug-likeness (QED) is 0.856. The monoisotopic (exact) mass is 247 g/mol. The lowest BCUT2D eigenvalue weighted by Gasteiger charge is -2.08. The number of nitrogens with one attached hydrogen (secondary N) is 1. The summed E-state index contributed by atoms with van der Waals surface area (Å²) in [7, 11) is 1.87. The van der Waals surface area contributed by atoms with Gasteiger partial charge in [-0.3, -0.25) is 9.48 Å². The fourth-order valence-corrected chi connectivity index (χ4v) is 1.73. The topological polar surface area (TPSA) is 64.7 Å². The van der Waals surface area contributed by atoms with Crippen molar-refractivity contribution in [3.8, 4) is 0 Å². The standard InChI is InChI=1S/C12H17N5O/c1-3-7-17-8-6-13-11(12(17)18)14-9-10-4-5-15-16(10)2/h4-6,8H,3,7,9H2,1-2H3,(H,13,14). The minimum atomic E-state index is -0.0819. The van der Waals surface area contributed by atoms with E-state index in [1.165, 1.54) is 0 Å². The van der Waals surface area contributed by atoms with Crippen LogP contribution in [0.15, 0.2) is 29.5 Å². The summed E-state index contributed by atoms with van der Waals surface area (Å²) >= 11 is 0. The first kappa shape index (κ1) is 12.3. The molecule has 0 saturated carbocycles. The number of nitrogens with zero attached hydrogens (tertiary/aromatic N) is 4. The number of rotatable bonds is 5. The van der Waals surface area contributed by atoms with Crippen molar-refractivity contribution in [2.45, 2.75) is 26.4 Å². The smallest absolute Gasteiger partial charge is 0.293 e. The molecule has 18 heavy (non-hydrogen) atoms. The molecule has 0 amide bonds. The number of aryl methyl sites for hydroxylation is 2. The minimum absolute atomic E-state index is 0.0819. The summed E-state index contributed by atoms with van der Waals surface area (Å²) in [6.07, 6.45) is 6.00. The van der Waals surface area contributed by atoms with Crippen molar-refractivity contribution < 1.29 is 0 Å². The van der Waals surface area contributed by atoms with Crippen molar-refractivity contribution >= 4 is 5.82 Å². The molecule has 0 atom stereocenters. The van der Waals surface area contributed by atoms with Gasteiger partial charge >= 0.3 is 0 Å². The Kier molecular flexibility index (Phi) is 3.76. The summed E-state index contributed by atoms with van der Waals surface area (Å²) in [6, 6.07) is 1.90. The van der Waals surface area contributed by atoms with Crippen molar-refractivity contribution in [3.05, 3.63) is 40.7 Å². The highest BCUT2D eigenvalue weighted by atomic mass is 16.1. The average Bonchev–Trinajstić information content (AvgIpc) is 2.76. The van der Waals surface area contributed by atoms with Crippen LogP contribution in [0.4, 0.5) is 5.82 Å². The first-order valence-electron chi connectivity index (χ1n) is 5.98. The SMILES string of the molecule is CCCn1ccnc(NCc2ccnn2C)c1=O. The van der Waals surface area contributed by atoms with Crippen molar-refractivity contribution in [2.75, 3.05) is 5.32 Å². The van der Waals surface area contributed by atoms with Gasteiger partial charge in [0.2, 0.25) is 0 Å². The molecular weight excluding hydrogens is 230 g/mol. The van der Waals surface area contributed by atoms with Gasteiger partial charge in [-0.25, -0.2) is 4.98 Å². The molecule has 0 saturated heterocycles. The Morgan fingerprint density at radius 1 is 1.39 bits per heavy atom. The lowest BCUT2D eigenvalue weighted by molar-refractivity contribution is 0.648. The lowest BCUT2D eigenvalue weighted by atomic mass is 10.4. The van der Waals surface area contributed by atoms with Gasteiger partial charge in [-0.1, -0.05) is 6.92 Å². The molecule has 0 aliphatic heterocycles. The van der Waals surface area contributed by atoms with E-state index in [0.29, 0.717) is 18.9 Å². The van der Waals surface area contributed by atoms with Crippen LogP contribution in [0, 0.1) is 0 Å². The fourth-order valence-electron chi connectivity index (χ4n) is 1.73. The number of anilines is 1. The summed E-state index contributed by atoms with van der Waals surface area (Å²) in [5, 5.41) is 7.12. The maximum absolute atomic E-state index is 12.0. The maximum Gasteiger partial charge on any atom is 0.293 e. The Labute approximate surface area is 105 Å². The van der Waals surface area contributed by atoms with Crippen LogP contribution in [0.2, 0.25) is 0 Å². The van der Waals surface area contributed by atoms with Crippen molar-refractivity contribution in [3.63, 3.8) is 0 Å². The van der Waals surface area contributed by atoms with Gasteiger partial charge in [0, 0.05) is 32.2 Å². The molecule has 0 aliphatic rings. The Balaban J connectivity index is 2.12. The molecule has 96 valence electrons. The second-order valence-corrected chi connectivity index (χ2v) is 4.07. The normalized spacial score (nSPS) is 10.6. The largest absolute Gasteiger partial charge is 0.360 e. The predicted molar refractivity (Wildman–Crippen MR) is 69.3 cm³/mol. The van der Waals surface area contributed by atoms with Crippen LogP contribution in [0.1, 0.15) is 19.0 Å². The third-order valence-electron chi connectivity index (χ3n) is 2.74. The van der Waals surface area contributed by atoms with E-state index < -0.39 is 0 Å². The van der Waals surface area contributed by atoms with Gasteiger partial charge in [-0.05, 0) is 12.5 Å². The highest BCUT2D eigenvalue weighted by Gasteiger charge is 2.05. The van der Waals surface area contributed by atoms with E-state index in [2.05, 4.69) is 15.4 Å². The molecule has 0 radical (unpaired) electrons. The molecule has 6 nitrogen and oxygen atoms in total. The fraction of sp³-hybridized carbons (Fsp3) is 0.417. The summed E-state index contributed by atoms with van der Waals surface area (Å²) < 4.78 is 3.43. The van der Waals surface area contributed by atoms with Crippen LogP contribution in [0.5, 0.6) is 0 Å². The number of hydrogen-bond donors (Lipinski definition) is 1. The van der Waals surface area contributed by atoms with Crippen LogP contribution in [0.25, 0.3) is 0 Å². The molecule has 0 aromatic carbocycles. The highest BCUT2D eigenvalue weighted by Crippen LogP contribution is 2.00. The van der Waals surface area contributed by atoms with Crippen molar-refractivity contribution in [2.24, 2.45) is 7.05 Å². The van der Waals surface area contributed by atoms with Gasteiger partial charge in [-0.15, -0.1) is 0 Å². The summed E-state index contributed by atoms with van der Waals surface area (Å²) in [6.45, 7) is 3.28. The van der Waals surface area contributed by atoms with E-state index in [-0.39, 0.29) is 5.56 Å². The van der Waals surface area contributed by atoms with Crippen LogP contribution in [0.3, 0.4) is 0 Å². The van der Waals surface area contributed by atoms with E-state index in [0.717, 1.165) is 12.1 Å². The minimum Gasteiger partial charge on any atom is -0.360 e. The molecule has 2 aromatic heterocycles. The molecule has 0 fully saturated rings. The second kappa shape index (κ2) is 5.48. The Morgan fingerprint density at radius 2 is 2.22 bits per heavy atom. The Morgan fingerprint density at radius 3 is 2.89 bits per heavy atom. The highest BCUT2D eigenvalue weighted by molar-refractivity contribution is 5.31. The van der Waals surface area contributed by atoms with E-state index >= 15 is 0 Å².